The largest absolute Gasteiger partial charge is 0.507 e. The highest BCUT2D eigenvalue weighted by Gasteiger charge is 2.15. The van der Waals surface area contributed by atoms with E-state index in [0.717, 1.165) is 22.3 Å². The van der Waals surface area contributed by atoms with Crippen LogP contribution in [0.1, 0.15) is 22.3 Å². The van der Waals surface area contributed by atoms with Gasteiger partial charge in [0.05, 0.1) is 5.69 Å². The first-order valence-electron chi connectivity index (χ1n) is 8.37. The molecule has 0 aliphatic carbocycles. The molecule has 0 radical (unpaired) electrons. The third-order valence-electron chi connectivity index (χ3n) is 4.29. The molecule has 25 heavy (non-hydrogen) atoms. The van der Waals surface area contributed by atoms with Gasteiger partial charge in [-0.05, 0) is 37.1 Å². The minimum atomic E-state index is -0.262. The first kappa shape index (κ1) is 17.0. The molecule has 0 heterocycles. The Bertz CT molecular complexity index is 861. The Hall–Kier alpha value is -2.81. The van der Waals surface area contributed by atoms with Gasteiger partial charge in [0.15, 0.2) is 0 Å². The summed E-state index contributed by atoms with van der Waals surface area (Å²) >= 11 is 0. The molecule has 3 aromatic carbocycles. The zero-order valence-electron chi connectivity index (χ0n) is 14.5. The van der Waals surface area contributed by atoms with E-state index in [0.29, 0.717) is 18.8 Å². The van der Waals surface area contributed by atoms with E-state index in [2.05, 4.69) is 0 Å². The lowest BCUT2D eigenvalue weighted by molar-refractivity contribution is 0.462. The summed E-state index contributed by atoms with van der Waals surface area (Å²) in [5.74, 6) is 0.0160. The van der Waals surface area contributed by atoms with E-state index in [1.165, 1.54) is 6.07 Å². The van der Waals surface area contributed by atoms with Crippen LogP contribution in [0.2, 0.25) is 0 Å². The molecule has 3 rings (SSSR count). The number of aryl methyl sites for hydroxylation is 2. The summed E-state index contributed by atoms with van der Waals surface area (Å²) in [4.78, 5) is 1.96. The number of anilines is 1. The molecule has 3 aromatic rings. The normalized spacial score (nSPS) is 10.7. The molecule has 0 saturated carbocycles. The molecule has 0 fully saturated rings. The van der Waals surface area contributed by atoms with Gasteiger partial charge in [0.2, 0.25) is 0 Å². The Balaban J connectivity index is 1.98. The fourth-order valence-electron chi connectivity index (χ4n) is 3.11. The van der Waals surface area contributed by atoms with Gasteiger partial charge < -0.3 is 10.0 Å². The molecular formula is C22H22FNO. The predicted octanol–water partition coefficient (Wildman–Crippen LogP) is 5.35. The lowest BCUT2D eigenvalue weighted by Gasteiger charge is -2.26. The molecule has 0 spiro atoms. The van der Waals surface area contributed by atoms with E-state index in [4.69, 9.17) is 0 Å². The van der Waals surface area contributed by atoms with Gasteiger partial charge in [-0.1, -0.05) is 60.2 Å². The minimum absolute atomic E-state index is 0.262. The number of para-hydroxylation sites is 1. The highest BCUT2D eigenvalue weighted by atomic mass is 19.1. The number of benzene rings is 3. The van der Waals surface area contributed by atoms with Gasteiger partial charge in [-0.3, -0.25) is 0 Å². The summed E-state index contributed by atoms with van der Waals surface area (Å²) in [6, 6.07) is 20.6. The van der Waals surface area contributed by atoms with Gasteiger partial charge >= 0.3 is 0 Å². The molecule has 0 amide bonds. The maximum atomic E-state index is 14.4. The Labute approximate surface area is 148 Å². The molecule has 0 bridgehead atoms. The maximum Gasteiger partial charge on any atom is 0.146 e. The molecule has 2 nitrogen and oxygen atoms in total. The number of hydrogen-bond donors (Lipinski definition) is 1. The average Bonchev–Trinajstić information content (AvgIpc) is 2.60. The molecule has 0 atom stereocenters. The van der Waals surface area contributed by atoms with E-state index >= 15 is 0 Å². The number of rotatable bonds is 5. The Morgan fingerprint density at radius 1 is 0.880 bits per heavy atom. The van der Waals surface area contributed by atoms with Gasteiger partial charge in [0.1, 0.15) is 11.6 Å². The number of phenolic OH excluding ortho intramolecular Hbond substituents is 1. The van der Waals surface area contributed by atoms with Crippen LogP contribution < -0.4 is 4.90 Å². The summed E-state index contributed by atoms with van der Waals surface area (Å²) in [5.41, 5.74) is 4.35. The van der Waals surface area contributed by atoms with Crippen molar-refractivity contribution in [2.45, 2.75) is 26.9 Å². The van der Waals surface area contributed by atoms with E-state index < -0.39 is 0 Å². The first-order chi connectivity index (χ1) is 12.0. The second-order valence-electron chi connectivity index (χ2n) is 6.38. The summed E-state index contributed by atoms with van der Waals surface area (Å²) in [6.07, 6.45) is 0. The smallest absolute Gasteiger partial charge is 0.146 e. The molecule has 1 N–H and O–H groups in total. The molecule has 0 aliphatic heterocycles. The summed E-state index contributed by atoms with van der Waals surface area (Å²) in [6.45, 7) is 4.88. The van der Waals surface area contributed by atoms with Gasteiger partial charge in [0.25, 0.3) is 0 Å². The highest BCUT2D eigenvalue weighted by molar-refractivity contribution is 5.51. The van der Waals surface area contributed by atoms with Gasteiger partial charge in [-0.2, -0.15) is 0 Å². The van der Waals surface area contributed by atoms with Crippen molar-refractivity contribution in [2.24, 2.45) is 0 Å². The Kier molecular flexibility index (Phi) is 5.03. The fourth-order valence-corrected chi connectivity index (χ4v) is 3.11. The zero-order chi connectivity index (χ0) is 17.8. The quantitative estimate of drug-likeness (QED) is 0.679. The fraction of sp³-hybridized carbons (Fsp3) is 0.182. The van der Waals surface area contributed by atoms with Crippen molar-refractivity contribution in [3.63, 3.8) is 0 Å². The summed E-state index contributed by atoms with van der Waals surface area (Å²) < 4.78 is 14.4. The standard InChI is InChI=1S/C22H22FNO/c1-16-12-17(2)22(25)19(13-16)15-24(14-18-8-4-3-5-9-18)21-11-7-6-10-20(21)23/h3-13,25H,14-15H2,1-2H3. The number of phenols is 1. The van der Waals surface area contributed by atoms with Crippen molar-refractivity contribution >= 4 is 5.69 Å². The van der Waals surface area contributed by atoms with Gasteiger partial charge in [-0.15, -0.1) is 0 Å². The molecule has 0 aromatic heterocycles. The highest BCUT2D eigenvalue weighted by Crippen LogP contribution is 2.29. The molecule has 0 aliphatic rings. The van der Waals surface area contributed by atoms with Crippen molar-refractivity contribution in [3.05, 3.63) is 94.8 Å². The Morgan fingerprint density at radius 2 is 1.56 bits per heavy atom. The van der Waals surface area contributed by atoms with Crippen LogP contribution in [0.15, 0.2) is 66.7 Å². The van der Waals surface area contributed by atoms with Crippen LogP contribution in [0.3, 0.4) is 0 Å². The monoisotopic (exact) mass is 335 g/mol. The van der Waals surface area contributed by atoms with Gasteiger partial charge in [-0.25, -0.2) is 4.39 Å². The molecule has 128 valence electrons. The maximum absolute atomic E-state index is 14.4. The van der Waals surface area contributed by atoms with Crippen molar-refractivity contribution in [2.75, 3.05) is 4.90 Å². The topological polar surface area (TPSA) is 23.5 Å². The number of halogens is 1. The second kappa shape index (κ2) is 7.39. The molecule has 3 heteroatoms. The van der Waals surface area contributed by atoms with Crippen LogP contribution in [0.5, 0.6) is 5.75 Å². The average molecular weight is 335 g/mol. The SMILES string of the molecule is Cc1cc(C)c(O)c(CN(Cc2ccccc2)c2ccccc2F)c1. The molecular weight excluding hydrogens is 313 g/mol. The molecule has 0 saturated heterocycles. The zero-order valence-corrected chi connectivity index (χ0v) is 14.5. The van der Waals surface area contributed by atoms with Crippen LogP contribution in [0, 0.1) is 19.7 Å². The van der Waals surface area contributed by atoms with Crippen LogP contribution in [-0.2, 0) is 13.1 Å². The van der Waals surface area contributed by atoms with Crippen LogP contribution in [0.25, 0.3) is 0 Å². The first-order valence-corrected chi connectivity index (χ1v) is 8.37. The van der Waals surface area contributed by atoms with E-state index in [1.54, 1.807) is 12.1 Å². The third kappa shape index (κ3) is 4.00. The molecule has 0 unspecified atom stereocenters. The van der Waals surface area contributed by atoms with Crippen LogP contribution in [0.4, 0.5) is 10.1 Å². The van der Waals surface area contributed by atoms with Crippen LogP contribution >= 0.6 is 0 Å². The van der Waals surface area contributed by atoms with Crippen molar-refractivity contribution < 1.29 is 9.50 Å². The third-order valence-corrected chi connectivity index (χ3v) is 4.29. The lowest BCUT2D eigenvalue weighted by Crippen LogP contribution is -2.23. The minimum Gasteiger partial charge on any atom is -0.507 e. The van der Waals surface area contributed by atoms with E-state index in [9.17, 15) is 9.50 Å². The number of aromatic hydroxyl groups is 1. The van der Waals surface area contributed by atoms with Crippen LogP contribution in [-0.4, -0.2) is 5.11 Å². The predicted molar refractivity (Wildman–Crippen MR) is 100 cm³/mol. The summed E-state index contributed by atoms with van der Waals surface area (Å²) in [7, 11) is 0. The van der Waals surface area contributed by atoms with Crippen molar-refractivity contribution in [1.82, 2.24) is 0 Å². The number of nitrogens with zero attached hydrogens (tertiary/aromatic N) is 1. The Morgan fingerprint density at radius 3 is 2.28 bits per heavy atom. The second-order valence-corrected chi connectivity index (χ2v) is 6.38. The van der Waals surface area contributed by atoms with E-state index in [-0.39, 0.29) is 11.6 Å². The number of hydrogen-bond acceptors (Lipinski definition) is 2. The van der Waals surface area contributed by atoms with Gasteiger partial charge in [0, 0.05) is 18.7 Å². The van der Waals surface area contributed by atoms with Crippen molar-refractivity contribution in [3.8, 4) is 5.75 Å². The van der Waals surface area contributed by atoms with E-state index in [1.807, 2.05) is 67.3 Å². The van der Waals surface area contributed by atoms with Crippen molar-refractivity contribution in [1.29, 1.82) is 0 Å². The summed E-state index contributed by atoms with van der Waals surface area (Å²) in [5, 5.41) is 10.4. The lowest BCUT2D eigenvalue weighted by atomic mass is 10.0.